The monoisotopic (exact) mass is 492 g/mol. The van der Waals surface area contributed by atoms with Crippen molar-refractivity contribution in [1.29, 1.82) is 0 Å². The van der Waals surface area contributed by atoms with E-state index >= 15 is 0 Å². The summed E-state index contributed by atoms with van der Waals surface area (Å²) in [4.78, 5) is 31.6. The number of nitrogens with zero attached hydrogens (tertiary/aromatic N) is 6. The van der Waals surface area contributed by atoms with Gasteiger partial charge in [0.2, 0.25) is 0 Å². The summed E-state index contributed by atoms with van der Waals surface area (Å²) in [7, 11) is 0. The number of aromatic nitrogens is 4. The van der Waals surface area contributed by atoms with E-state index in [2.05, 4.69) is 32.5 Å². The minimum absolute atomic E-state index is 0.196. The van der Waals surface area contributed by atoms with E-state index in [1.54, 1.807) is 6.33 Å². The molecule has 4 aliphatic rings. The van der Waals surface area contributed by atoms with E-state index in [1.165, 1.54) is 43.0 Å². The van der Waals surface area contributed by atoms with E-state index in [0.29, 0.717) is 30.5 Å². The van der Waals surface area contributed by atoms with Crippen LogP contribution in [-0.2, 0) is 22.5 Å². The molecule has 6 rings (SSSR count). The lowest BCUT2D eigenvalue weighted by Gasteiger charge is -2.35. The molecule has 8 heteroatoms. The molecule has 5 heterocycles. The van der Waals surface area contributed by atoms with E-state index in [1.807, 2.05) is 0 Å². The number of imidazole rings is 1. The number of Topliss-reactive ketones (excluding diaryl/α,β-unsaturated/α-hetero) is 1. The van der Waals surface area contributed by atoms with Crippen LogP contribution in [-0.4, -0.2) is 76.1 Å². The number of fused-ring (bicyclic) bond motifs is 1. The van der Waals surface area contributed by atoms with Gasteiger partial charge in [0, 0.05) is 75.8 Å². The zero-order chi connectivity index (χ0) is 24.5. The lowest BCUT2D eigenvalue weighted by atomic mass is 9.85. The largest absolute Gasteiger partial charge is 0.381 e. The van der Waals surface area contributed by atoms with Gasteiger partial charge in [-0.2, -0.15) is 0 Å². The number of hydrogen-bond donors (Lipinski definition) is 0. The number of carbonyl (C=O) groups excluding carboxylic acids is 1. The quantitative estimate of drug-likeness (QED) is 0.609. The van der Waals surface area contributed by atoms with Crippen LogP contribution in [0.2, 0.25) is 0 Å². The summed E-state index contributed by atoms with van der Waals surface area (Å²) in [6.45, 7) is 10.4. The summed E-state index contributed by atoms with van der Waals surface area (Å²) in [5.41, 5.74) is 3.41. The molecular formula is C28H40N6O2. The highest BCUT2D eigenvalue weighted by molar-refractivity contribution is 5.84. The number of rotatable bonds is 6. The predicted molar refractivity (Wildman–Crippen MR) is 139 cm³/mol. The average molecular weight is 493 g/mol. The number of ether oxygens (including phenoxy) is 1. The van der Waals surface area contributed by atoms with Crippen LogP contribution in [0.5, 0.6) is 0 Å². The number of hydrogen-bond acceptors (Lipinski definition) is 7. The summed E-state index contributed by atoms with van der Waals surface area (Å²) >= 11 is 0. The van der Waals surface area contributed by atoms with Crippen molar-refractivity contribution in [3.8, 4) is 0 Å². The van der Waals surface area contributed by atoms with Crippen LogP contribution in [0, 0.1) is 0 Å². The van der Waals surface area contributed by atoms with Gasteiger partial charge in [-0.05, 0) is 57.5 Å². The summed E-state index contributed by atoms with van der Waals surface area (Å²) in [6, 6.07) is 0. The number of likely N-dealkylation sites (tertiary alicyclic amines) is 1. The maximum atomic E-state index is 12.1. The number of anilines is 1. The molecule has 0 N–H and O–H groups in total. The zero-order valence-corrected chi connectivity index (χ0v) is 21.7. The van der Waals surface area contributed by atoms with Gasteiger partial charge in [-0.3, -0.25) is 4.79 Å². The van der Waals surface area contributed by atoms with E-state index < -0.39 is 0 Å². The molecule has 0 radical (unpaired) electrons. The highest BCUT2D eigenvalue weighted by Gasteiger charge is 2.32. The molecule has 0 aromatic carbocycles. The number of piperidine rings is 1. The molecule has 0 saturated carbocycles. The van der Waals surface area contributed by atoms with Crippen LogP contribution in [0.3, 0.4) is 0 Å². The van der Waals surface area contributed by atoms with Crippen molar-refractivity contribution in [3.63, 3.8) is 0 Å². The molecule has 0 spiro atoms. The average Bonchev–Trinajstić information content (AvgIpc) is 3.58. The minimum atomic E-state index is 0.196. The van der Waals surface area contributed by atoms with Crippen molar-refractivity contribution in [2.45, 2.75) is 82.6 Å². The molecular weight excluding hydrogens is 452 g/mol. The van der Waals surface area contributed by atoms with E-state index in [4.69, 9.17) is 14.7 Å². The Balaban J connectivity index is 1.19. The van der Waals surface area contributed by atoms with Gasteiger partial charge in [0.1, 0.15) is 23.8 Å². The molecule has 36 heavy (non-hydrogen) atoms. The van der Waals surface area contributed by atoms with Crippen LogP contribution in [0.25, 0.3) is 0 Å². The number of ketones is 1. The molecule has 2 aromatic rings. The Morgan fingerprint density at radius 1 is 0.972 bits per heavy atom. The smallest absolute Gasteiger partial charge is 0.139 e. The van der Waals surface area contributed by atoms with Crippen LogP contribution in [0.4, 0.5) is 5.82 Å². The van der Waals surface area contributed by atoms with Gasteiger partial charge in [-0.25, -0.2) is 15.0 Å². The van der Waals surface area contributed by atoms with Crippen molar-refractivity contribution >= 4 is 11.6 Å². The summed E-state index contributed by atoms with van der Waals surface area (Å²) in [5.74, 6) is 3.84. The zero-order valence-electron chi connectivity index (χ0n) is 21.7. The third-order valence-electron chi connectivity index (χ3n) is 8.82. The van der Waals surface area contributed by atoms with Crippen molar-refractivity contribution in [1.82, 2.24) is 24.4 Å². The van der Waals surface area contributed by atoms with Gasteiger partial charge in [-0.1, -0.05) is 6.92 Å². The second-order valence-electron chi connectivity index (χ2n) is 11.3. The second kappa shape index (κ2) is 10.6. The fraction of sp³-hybridized carbons (Fsp3) is 0.714. The Kier molecular flexibility index (Phi) is 7.07. The van der Waals surface area contributed by atoms with Crippen LogP contribution < -0.4 is 4.90 Å². The van der Waals surface area contributed by atoms with Gasteiger partial charge in [0.05, 0.1) is 11.4 Å². The Hall–Kier alpha value is -2.32. The van der Waals surface area contributed by atoms with Crippen LogP contribution in [0.1, 0.15) is 92.4 Å². The minimum Gasteiger partial charge on any atom is -0.381 e. The third kappa shape index (κ3) is 4.94. The Morgan fingerprint density at radius 3 is 2.53 bits per heavy atom. The first-order valence-corrected chi connectivity index (χ1v) is 14.1. The molecule has 3 aliphatic heterocycles. The first kappa shape index (κ1) is 24.0. The molecule has 0 bridgehead atoms. The fourth-order valence-electron chi connectivity index (χ4n) is 6.77. The maximum absolute atomic E-state index is 12.1. The molecule has 3 fully saturated rings. The summed E-state index contributed by atoms with van der Waals surface area (Å²) in [6.07, 6.45) is 12.1. The molecule has 194 valence electrons. The first-order chi connectivity index (χ1) is 17.7. The van der Waals surface area contributed by atoms with Gasteiger partial charge < -0.3 is 19.1 Å². The molecule has 1 atom stereocenters. The first-order valence-electron chi connectivity index (χ1n) is 14.1. The normalized spacial score (nSPS) is 24.4. The second-order valence-corrected chi connectivity index (χ2v) is 11.3. The molecule has 3 saturated heterocycles. The van der Waals surface area contributed by atoms with Crippen LogP contribution >= 0.6 is 0 Å². The molecule has 0 amide bonds. The summed E-state index contributed by atoms with van der Waals surface area (Å²) < 4.78 is 8.11. The SMILES string of the molecule is C[C@@H]1CC(=O)Cc2ncnc(N3CCC(c4nc(C5CCOCC5)cn4CCN4CCCC4)CC3)c21. The van der Waals surface area contributed by atoms with E-state index in [9.17, 15) is 4.79 Å². The van der Waals surface area contributed by atoms with E-state index in [0.717, 1.165) is 76.6 Å². The van der Waals surface area contributed by atoms with Gasteiger partial charge >= 0.3 is 0 Å². The standard InChI is InChI=1S/C28H40N6O2/c1-20-16-23(35)17-24-26(20)28(30-19-29-24)33-10-4-22(5-11-33)27-31-25(21-6-14-36-15-7-21)18-34(27)13-12-32-8-2-3-9-32/h18-22H,2-17H2,1H3/t20-/m1/s1. The van der Waals surface area contributed by atoms with Crippen molar-refractivity contribution in [2.75, 3.05) is 50.8 Å². The maximum Gasteiger partial charge on any atom is 0.139 e. The Bertz CT molecular complexity index is 1060. The fourth-order valence-corrected chi connectivity index (χ4v) is 6.77. The lowest BCUT2D eigenvalue weighted by Crippen LogP contribution is -2.36. The third-order valence-corrected chi connectivity index (χ3v) is 8.82. The molecule has 2 aromatic heterocycles. The van der Waals surface area contributed by atoms with Crippen molar-refractivity contribution < 1.29 is 9.53 Å². The van der Waals surface area contributed by atoms with Gasteiger partial charge in [0.25, 0.3) is 0 Å². The predicted octanol–water partition coefficient (Wildman–Crippen LogP) is 3.67. The van der Waals surface area contributed by atoms with Gasteiger partial charge in [0.15, 0.2) is 0 Å². The van der Waals surface area contributed by atoms with Crippen LogP contribution in [0.15, 0.2) is 12.5 Å². The Labute approximate surface area is 214 Å². The topological polar surface area (TPSA) is 76.4 Å². The Morgan fingerprint density at radius 2 is 1.75 bits per heavy atom. The highest BCUT2D eigenvalue weighted by Crippen LogP contribution is 2.38. The lowest BCUT2D eigenvalue weighted by molar-refractivity contribution is -0.119. The van der Waals surface area contributed by atoms with Crippen molar-refractivity contribution in [3.05, 3.63) is 35.3 Å². The van der Waals surface area contributed by atoms with Crippen molar-refractivity contribution in [2.24, 2.45) is 0 Å². The summed E-state index contributed by atoms with van der Waals surface area (Å²) in [5, 5.41) is 0. The molecule has 0 unspecified atom stereocenters. The van der Waals surface area contributed by atoms with Gasteiger partial charge in [-0.15, -0.1) is 0 Å². The molecule has 1 aliphatic carbocycles. The van der Waals surface area contributed by atoms with E-state index in [-0.39, 0.29) is 5.92 Å². The highest BCUT2D eigenvalue weighted by atomic mass is 16.5. The molecule has 8 nitrogen and oxygen atoms in total. The number of carbonyl (C=O) groups is 1.